The van der Waals surface area contributed by atoms with Gasteiger partial charge in [-0.15, -0.1) is 0 Å². The summed E-state index contributed by atoms with van der Waals surface area (Å²) in [6, 6.07) is 20.3. The largest absolute Gasteiger partial charge is 0.420 e. The van der Waals surface area contributed by atoms with Crippen LogP contribution in [0.25, 0.3) is 5.69 Å². The summed E-state index contributed by atoms with van der Waals surface area (Å²) in [4.78, 5) is 4.63. The van der Waals surface area contributed by atoms with E-state index in [1.165, 1.54) is 0 Å². The Bertz CT molecular complexity index is 1270. The van der Waals surface area contributed by atoms with Crippen molar-refractivity contribution in [2.45, 2.75) is 39.2 Å². The summed E-state index contributed by atoms with van der Waals surface area (Å²) in [5.41, 5.74) is 5.17. The van der Waals surface area contributed by atoms with E-state index in [-0.39, 0.29) is 5.92 Å². The number of nitrogens with one attached hydrogen (secondary N) is 1. The monoisotopic (exact) mass is 411 g/mol. The molecule has 0 spiro atoms. The smallest absolute Gasteiger partial charge is 0.230 e. The second-order valence-electron chi connectivity index (χ2n) is 7.86. The van der Waals surface area contributed by atoms with E-state index in [1.54, 1.807) is 6.33 Å². The molecule has 156 valence electrons. The van der Waals surface area contributed by atoms with Gasteiger partial charge in [0, 0.05) is 6.54 Å². The van der Waals surface area contributed by atoms with E-state index in [0.717, 1.165) is 47.5 Å². The molecule has 0 aliphatic carbocycles. The van der Waals surface area contributed by atoms with Gasteiger partial charge in [0.25, 0.3) is 0 Å². The molecule has 31 heavy (non-hydrogen) atoms. The number of aromatic nitrogens is 4. The lowest BCUT2D eigenvalue weighted by Crippen LogP contribution is -2.30. The number of hydrogen-bond acceptors (Lipinski definition) is 4. The van der Waals surface area contributed by atoms with E-state index in [9.17, 15) is 0 Å². The normalized spacial score (nSPS) is 14.6. The van der Waals surface area contributed by atoms with Gasteiger partial charge in [-0.3, -0.25) is 5.41 Å². The molecule has 1 N–H and O–H groups in total. The summed E-state index contributed by atoms with van der Waals surface area (Å²) in [5, 5.41) is 13.8. The van der Waals surface area contributed by atoms with Gasteiger partial charge in [0.15, 0.2) is 0 Å². The SMILES string of the molecule is CCCCn1cnc2c(c1=N)C(c1ccccc1)c1c(C)nn(-c3ccccc3)c1O2. The third kappa shape index (κ3) is 3.24. The zero-order valence-corrected chi connectivity index (χ0v) is 17.7. The fourth-order valence-electron chi connectivity index (χ4n) is 4.25. The Kier molecular flexibility index (Phi) is 4.90. The van der Waals surface area contributed by atoms with Gasteiger partial charge in [0.1, 0.15) is 11.8 Å². The molecular formula is C25H25N5O. The molecule has 5 rings (SSSR count). The predicted molar refractivity (Wildman–Crippen MR) is 119 cm³/mol. The molecule has 0 amide bonds. The zero-order valence-electron chi connectivity index (χ0n) is 17.7. The molecule has 0 saturated heterocycles. The van der Waals surface area contributed by atoms with Crippen molar-refractivity contribution in [3.63, 3.8) is 0 Å². The first kappa shape index (κ1) is 19.3. The molecule has 1 aliphatic rings. The average molecular weight is 412 g/mol. The van der Waals surface area contributed by atoms with Gasteiger partial charge in [-0.25, -0.2) is 9.67 Å². The Morgan fingerprint density at radius 1 is 1.00 bits per heavy atom. The molecule has 2 aromatic carbocycles. The quantitative estimate of drug-likeness (QED) is 0.445. The first-order valence-corrected chi connectivity index (χ1v) is 10.7. The van der Waals surface area contributed by atoms with Crippen LogP contribution < -0.4 is 10.2 Å². The van der Waals surface area contributed by atoms with Crippen molar-refractivity contribution < 1.29 is 4.74 Å². The highest BCUT2D eigenvalue weighted by Gasteiger charge is 2.37. The van der Waals surface area contributed by atoms with Crippen molar-refractivity contribution in [1.29, 1.82) is 5.41 Å². The topological polar surface area (TPSA) is 68.7 Å². The minimum Gasteiger partial charge on any atom is -0.420 e. The molecule has 6 heteroatoms. The van der Waals surface area contributed by atoms with Crippen molar-refractivity contribution in [3.05, 3.63) is 94.9 Å². The molecule has 1 unspecified atom stereocenters. The molecule has 1 aliphatic heterocycles. The van der Waals surface area contributed by atoms with E-state index in [1.807, 2.05) is 64.7 Å². The molecule has 2 aromatic heterocycles. The van der Waals surface area contributed by atoms with Crippen LogP contribution in [0.15, 0.2) is 67.0 Å². The second kappa shape index (κ2) is 7.87. The van der Waals surface area contributed by atoms with Gasteiger partial charge in [0.2, 0.25) is 11.8 Å². The first-order chi connectivity index (χ1) is 15.2. The molecule has 0 radical (unpaired) electrons. The Morgan fingerprint density at radius 2 is 1.71 bits per heavy atom. The van der Waals surface area contributed by atoms with Crippen LogP contribution in [0, 0.1) is 12.3 Å². The van der Waals surface area contributed by atoms with E-state index < -0.39 is 0 Å². The minimum absolute atomic E-state index is 0.161. The third-order valence-corrected chi connectivity index (χ3v) is 5.81. The Labute approximate surface area is 181 Å². The Hall–Kier alpha value is -3.67. The zero-order chi connectivity index (χ0) is 21.4. The van der Waals surface area contributed by atoms with Crippen LogP contribution in [0.4, 0.5) is 0 Å². The summed E-state index contributed by atoms with van der Waals surface area (Å²) in [5.74, 6) is 0.992. The van der Waals surface area contributed by atoms with E-state index >= 15 is 0 Å². The number of hydrogen-bond donors (Lipinski definition) is 1. The summed E-state index contributed by atoms with van der Waals surface area (Å²) in [7, 11) is 0. The number of unbranched alkanes of at least 4 members (excludes halogenated alkanes) is 1. The number of fused-ring (bicyclic) bond motifs is 2. The highest BCUT2D eigenvalue weighted by Crippen LogP contribution is 2.47. The lowest BCUT2D eigenvalue weighted by atomic mass is 9.84. The number of para-hydroxylation sites is 1. The Morgan fingerprint density at radius 3 is 2.42 bits per heavy atom. The number of rotatable bonds is 5. The van der Waals surface area contributed by atoms with Crippen LogP contribution >= 0.6 is 0 Å². The molecule has 4 aromatic rings. The highest BCUT2D eigenvalue weighted by molar-refractivity contribution is 5.57. The number of nitrogens with zero attached hydrogens (tertiary/aromatic N) is 4. The summed E-state index contributed by atoms with van der Waals surface area (Å²) in [6.45, 7) is 4.93. The molecule has 1 atom stereocenters. The number of benzene rings is 2. The maximum absolute atomic E-state index is 8.98. The van der Waals surface area contributed by atoms with Gasteiger partial charge in [0.05, 0.1) is 28.4 Å². The van der Waals surface area contributed by atoms with Crippen molar-refractivity contribution in [2.75, 3.05) is 0 Å². The lowest BCUT2D eigenvalue weighted by molar-refractivity contribution is 0.394. The van der Waals surface area contributed by atoms with Crippen molar-refractivity contribution in [1.82, 2.24) is 19.3 Å². The standard InChI is InChI=1S/C25H25N5O/c1-3-4-15-29-16-27-24-22(23(29)26)21(18-11-7-5-8-12-18)20-17(2)28-30(25(20)31-24)19-13-9-6-10-14-19/h5-14,16,21,26H,3-4,15H2,1-2H3. The summed E-state index contributed by atoms with van der Waals surface area (Å²) in [6.07, 6.45) is 3.79. The molecule has 3 heterocycles. The van der Waals surface area contributed by atoms with E-state index in [2.05, 4.69) is 24.0 Å². The van der Waals surface area contributed by atoms with Gasteiger partial charge in [-0.1, -0.05) is 61.9 Å². The van der Waals surface area contributed by atoms with E-state index in [4.69, 9.17) is 15.2 Å². The van der Waals surface area contributed by atoms with Crippen LogP contribution in [0.5, 0.6) is 11.8 Å². The van der Waals surface area contributed by atoms with Gasteiger partial charge >= 0.3 is 0 Å². The maximum Gasteiger partial charge on any atom is 0.230 e. The number of ether oxygens (including phenoxy) is 1. The van der Waals surface area contributed by atoms with Crippen LogP contribution in [0.2, 0.25) is 0 Å². The first-order valence-electron chi connectivity index (χ1n) is 10.7. The third-order valence-electron chi connectivity index (χ3n) is 5.81. The van der Waals surface area contributed by atoms with Crippen molar-refractivity contribution in [3.8, 4) is 17.4 Å². The van der Waals surface area contributed by atoms with Crippen molar-refractivity contribution in [2.24, 2.45) is 0 Å². The maximum atomic E-state index is 8.98. The fourth-order valence-corrected chi connectivity index (χ4v) is 4.25. The minimum atomic E-state index is -0.161. The summed E-state index contributed by atoms with van der Waals surface area (Å²) < 4.78 is 10.1. The summed E-state index contributed by atoms with van der Waals surface area (Å²) >= 11 is 0. The van der Waals surface area contributed by atoms with Crippen LogP contribution in [0.3, 0.4) is 0 Å². The second-order valence-corrected chi connectivity index (χ2v) is 7.86. The molecule has 6 nitrogen and oxygen atoms in total. The van der Waals surface area contributed by atoms with Crippen LogP contribution in [-0.4, -0.2) is 19.3 Å². The fraction of sp³-hybridized carbons (Fsp3) is 0.240. The average Bonchev–Trinajstić information content (AvgIpc) is 3.14. The van der Waals surface area contributed by atoms with Gasteiger partial charge < -0.3 is 9.30 Å². The van der Waals surface area contributed by atoms with Crippen LogP contribution in [-0.2, 0) is 6.54 Å². The van der Waals surface area contributed by atoms with Gasteiger partial charge in [-0.05, 0) is 31.0 Å². The molecule has 0 fully saturated rings. The lowest BCUT2D eigenvalue weighted by Gasteiger charge is -2.27. The predicted octanol–water partition coefficient (Wildman–Crippen LogP) is 4.94. The van der Waals surface area contributed by atoms with E-state index in [0.29, 0.717) is 17.2 Å². The molecular weight excluding hydrogens is 386 g/mol. The van der Waals surface area contributed by atoms with Crippen LogP contribution in [0.1, 0.15) is 48.1 Å². The molecule has 0 saturated carbocycles. The van der Waals surface area contributed by atoms with Gasteiger partial charge in [-0.2, -0.15) is 5.10 Å². The Balaban J connectivity index is 1.75. The highest BCUT2D eigenvalue weighted by atomic mass is 16.5. The van der Waals surface area contributed by atoms with Crippen molar-refractivity contribution >= 4 is 0 Å². The molecule has 0 bridgehead atoms. The number of aryl methyl sites for hydroxylation is 2.